The molecular formula is C16H28N4O3S. The predicted molar refractivity (Wildman–Crippen MR) is 96.6 cm³/mol. The van der Waals surface area contributed by atoms with E-state index < -0.39 is 15.6 Å². The van der Waals surface area contributed by atoms with Crippen LogP contribution in [-0.4, -0.2) is 47.2 Å². The summed E-state index contributed by atoms with van der Waals surface area (Å²) in [5.74, 6) is 0.586. The zero-order valence-electron chi connectivity index (χ0n) is 15.0. The second-order valence-corrected chi connectivity index (χ2v) is 7.96. The molecule has 1 aromatic rings. The number of nitrogens with zero attached hydrogens (tertiary/aromatic N) is 1. The van der Waals surface area contributed by atoms with Crippen LogP contribution in [0.2, 0.25) is 0 Å². The predicted octanol–water partition coefficient (Wildman–Crippen LogP) is 1.07. The van der Waals surface area contributed by atoms with E-state index in [-0.39, 0.29) is 4.90 Å². The van der Waals surface area contributed by atoms with Gasteiger partial charge >= 0.3 is 0 Å². The molecule has 0 aliphatic carbocycles. The summed E-state index contributed by atoms with van der Waals surface area (Å²) in [4.78, 5) is 4.36. The minimum Gasteiger partial charge on any atom is -0.383 e. The second-order valence-electron chi connectivity index (χ2n) is 6.31. The maximum Gasteiger partial charge on any atom is 0.241 e. The molecule has 3 N–H and O–H groups in total. The van der Waals surface area contributed by atoms with Crippen LogP contribution in [0.15, 0.2) is 34.2 Å². The average Bonchev–Trinajstić information content (AvgIpc) is 2.48. The van der Waals surface area contributed by atoms with E-state index in [0.29, 0.717) is 31.2 Å². The Morgan fingerprint density at radius 2 is 1.88 bits per heavy atom. The largest absolute Gasteiger partial charge is 0.383 e. The van der Waals surface area contributed by atoms with Crippen LogP contribution in [0, 0.1) is 0 Å². The molecule has 0 spiro atoms. The third-order valence-corrected chi connectivity index (χ3v) is 4.83. The summed E-state index contributed by atoms with van der Waals surface area (Å²) < 4.78 is 32.8. The SMILES string of the molecule is CN=C(NCCOC)NCc1ccccc1S(=O)(=O)NC(C)(C)C. The molecule has 0 heterocycles. The van der Waals surface area contributed by atoms with Gasteiger partial charge in [0.15, 0.2) is 5.96 Å². The number of guanidine groups is 1. The van der Waals surface area contributed by atoms with Crippen molar-refractivity contribution >= 4 is 16.0 Å². The minimum absolute atomic E-state index is 0.264. The first kappa shape index (κ1) is 20.4. The lowest BCUT2D eigenvalue weighted by atomic mass is 10.1. The molecule has 0 saturated carbocycles. The number of nitrogens with one attached hydrogen (secondary N) is 3. The Hall–Kier alpha value is -1.64. The van der Waals surface area contributed by atoms with Crippen molar-refractivity contribution in [3.8, 4) is 0 Å². The van der Waals surface area contributed by atoms with Crippen molar-refractivity contribution < 1.29 is 13.2 Å². The van der Waals surface area contributed by atoms with Crippen molar-refractivity contribution in [3.05, 3.63) is 29.8 Å². The van der Waals surface area contributed by atoms with Crippen LogP contribution in [0.1, 0.15) is 26.3 Å². The van der Waals surface area contributed by atoms with Crippen LogP contribution in [0.3, 0.4) is 0 Å². The van der Waals surface area contributed by atoms with Gasteiger partial charge < -0.3 is 15.4 Å². The molecule has 0 amide bonds. The molecule has 7 nitrogen and oxygen atoms in total. The zero-order chi connectivity index (χ0) is 18.2. The zero-order valence-corrected chi connectivity index (χ0v) is 15.8. The van der Waals surface area contributed by atoms with Gasteiger partial charge in [-0.3, -0.25) is 4.99 Å². The van der Waals surface area contributed by atoms with Crippen molar-refractivity contribution in [2.24, 2.45) is 4.99 Å². The maximum absolute atomic E-state index is 12.6. The molecule has 0 saturated heterocycles. The van der Waals surface area contributed by atoms with E-state index in [2.05, 4.69) is 20.3 Å². The Bertz CT molecular complexity index is 652. The highest BCUT2D eigenvalue weighted by atomic mass is 32.2. The quantitative estimate of drug-likeness (QED) is 0.386. The molecule has 0 radical (unpaired) electrons. The Labute approximate surface area is 145 Å². The molecule has 0 unspecified atom stereocenters. The first-order chi connectivity index (χ1) is 11.2. The summed E-state index contributed by atoms with van der Waals surface area (Å²) in [5, 5.41) is 6.20. The molecule has 0 aliphatic heterocycles. The molecule has 0 atom stereocenters. The lowest BCUT2D eigenvalue weighted by molar-refractivity contribution is 0.203. The van der Waals surface area contributed by atoms with E-state index in [1.807, 2.05) is 26.8 Å². The Morgan fingerprint density at radius 1 is 1.21 bits per heavy atom. The molecule has 8 heteroatoms. The number of ether oxygens (including phenoxy) is 1. The van der Waals surface area contributed by atoms with E-state index in [0.717, 1.165) is 0 Å². The third-order valence-electron chi connectivity index (χ3n) is 2.97. The summed E-state index contributed by atoms with van der Waals surface area (Å²) >= 11 is 0. The molecule has 1 rings (SSSR count). The van der Waals surface area contributed by atoms with Gasteiger partial charge in [-0.1, -0.05) is 18.2 Å². The minimum atomic E-state index is -3.59. The summed E-state index contributed by atoms with van der Waals surface area (Å²) in [6, 6.07) is 6.92. The van der Waals surface area contributed by atoms with Gasteiger partial charge in [-0.15, -0.1) is 0 Å². The highest BCUT2D eigenvalue weighted by molar-refractivity contribution is 7.89. The van der Waals surface area contributed by atoms with Crippen molar-refractivity contribution in [1.29, 1.82) is 0 Å². The topological polar surface area (TPSA) is 91.8 Å². The average molecular weight is 356 g/mol. The molecule has 24 heavy (non-hydrogen) atoms. The molecule has 0 fully saturated rings. The second kappa shape index (κ2) is 9.00. The summed E-state index contributed by atoms with van der Waals surface area (Å²) in [5.41, 5.74) is 0.126. The lowest BCUT2D eigenvalue weighted by Crippen LogP contribution is -2.41. The number of aliphatic imine (C=N–C) groups is 1. The fourth-order valence-electron chi connectivity index (χ4n) is 2.04. The van der Waals surface area contributed by atoms with Crippen molar-refractivity contribution in [3.63, 3.8) is 0 Å². The number of methoxy groups -OCH3 is 1. The van der Waals surface area contributed by atoms with Gasteiger partial charge in [0.25, 0.3) is 0 Å². The molecule has 1 aromatic carbocycles. The number of rotatable bonds is 7. The fraction of sp³-hybridized carbons (Fsp3) is 0.562. The smallest absolute Gasteiger partial charge is 0.241 e. The highest BCUT2D eigenvalue weighted by Gasteiger charge is 2.24. The molecule has 0 bridgehead atoms. The Balaban J connectivity index is 2.87. The Morgan fingerprint density at radius 3 is 2.46 bits per heavy atom. The number of benzene rings is 1. The van der Waals surface area contributed by atoms with E-state index in [1.54, 1.807) is 32.4 Å². The van der Waals surface area contributed by atoms with Gasteiger partial charge in [-0.05, 0) is 32.4 Å². The van der Waals surface area contributed by atoms with Crippen LogP contribution in [0.4, 0.5) is 0 Å². The van der Waals surface area contributed by atoms with E-state index in [1.165, 1.54) is 0 Å². The van der Waals surface area contributed by atoms with Crippen molar-refractivity contribution in [1.82, 2.24) is 15.4 Å². The first-order valence-electron chi connectivity index (χ1n) is 7.75. The van der Waals surface area contributed by atoms with Crippen molar-refractivity contribution in [2.75, 3.05) is 27.3 Å². The molecule has 0 aromatic heterocycles. The fourth-order valence-corrected chi connectivity index (χ4v) is 3.70. The van der Waals surface area contributed by atoms with Crippen LogP contribution in [0.5, 0.6) is 0 Å². The normalized spacial score (nSPS) is 13.0. The van der Waals surface area contributed by atoms with E-state index >= 15 is 0 Å². The summed E-state index contributed by atoms with van der Waals surface area (Å²) in [7, 11) is -0.310. The van der Waals surface area contributed by atoms with Crippen molar-refractivity contribution in [2.45, 2.75) is 37.8 Å². The van der Waals surface area contributed by atoms with Gasteiger partial charge in [-0.2, -0.15) is 0 Å². The third kappa shape index (κ3) is 6.86. The lowest BCUT2D eigenvalue weighted by Gasteiger charge is -2.22. The maximum atomic E-state index is 12.6. The monoisotopic (exact) mass is 356 g/mol. The van der Waals surface area contributed by atoms with Crippen LogP contribution in [-0.2, 0) is 21.3 Å². The number of hydrogen-bond acceptors (Lipinski definition) is 4. The molecular weight excluding hydrogens is 328 g/mol. The van der Waals surface area contributed by atoms with E-state index in [4.69, 9.17) is 4.74 Å². The van der Waals surface area contributed by atoms with Gasteiger partial charge in [0.2, 0.25) is 10.0 Å². The van der Waals surface area contributed by atoms with Gasteiger partial charge in [-0.25, -0.2) is 13.1 Å². The summed E-state index contributed by atoms with van der Waals surface area (Å²) in [6.45, 7) is 6.95. The van der Waals surface area contributed by atoms with Crippen LogP contribution in [0.25, 0.3) is 0 Å². The highest BCUT2D eigenvalue weighted by Crippen LogP contribution is 2.17. The molecule has 136 valence electrons. The number of sulfonamides is 1. The number of hydrogen-bond donors (Lipinski definition) is 3. The van der Waals surface area contributed by atoms with Gasteiger partial charge in [0, 0.05) is 32.8 Å². The van der Waals surface area contributed by atoms with E-state index in [9.17, 15) is 8.42 Å². The van der Waals surface area contributed by atoms with Gasteiger partial charge in [0.05, 0.1) is 11.5 Å². The van der Waals surface area contributed by atoms with Gasteiger partial charge in [0.1, 0.15) is 0 Å². The van der Waals surface area contributed by atoms with Crippen LogP contribution >= 0.6 is 0 Å². The Kier molecular flexibility index (Phi) is 7.65. The summed E-state index contributed by atoms with van der Waals surface area (Å²) in [6.07, 6.45) is 0. The molecule has 0 aliphatic rings. The standard InChI is InChI=1S/C16H28N4O3S/c1-16(2,3)20-24(21,22)14-9-7-6-8-13(14)12-19-15(17-4)18-10-11-23-5/h6-9,20H,10-12H2,1-5H3,(H2,17,18,19). The van der Waals surface area contributed by atoms with Crippen LogP contribution < -0.4 is 15.4 Å². The first-order valence-corrected chi connectivity index (χ1v) is 9.23.